The Labute approximate surface area is 308 Å². The van der Waals surface area contributed by atoms with E-state index in [0.29, 0.717) is 11.5 Å². The van der Waals surface area contributed by atoms with Crippen molar-refractivity contribution >= 4 is 54.8 Å². The first kappa shape index (κ1) is 31.2. The summed E-state index contributed by atoms with van der Waals surface area (Å²) in [5, 5.41) is 4.91. The Bertz CT molecular complexity index is 2980. The Morgan fingerprint density at radius 1 is 0.588 bits per heavy atom. The van der Waals surface area contributed by atoms with Crippen LogP contribution >= 0.6 is 0 Å². The Morgan fingerprint density at radius 3 is 1.96 bits per heavy atom. The van der Waals surface area contributed by atoms with E-state index >= 15 is 0 Å². The van der Waals surface area contributed by atoms with Crippen molar-refractivity contribution in [2.45, 2.75) is 20.8 Å². The van der Waals surface area contributed by atoms with Crippen LogP contribution in [0.2, 0.25) is 0 Å². The van der Waals surface area contributed by atoms with Crippen LogP contribution in [0.1, 0.15) is 16.7 Å². The molecule has 0 saturated heterocycles. The number of nitrogens with zero attached hydrogens (tertiary/aromatic N) is 5. The molecule has 0 spiro atoms. The second kappa shape index (κ2) is 11.9. The van der Waals surface area contributed by atoms with Crippen LogP contribution in [0.15, 0.2) is 122 Å². The maximum Gasteiger partial charge on any atom is 2.00 e. The summed E-state index contributed by atoms with van der Waals surface area (Å²) in [6, 6.07) is 42.4. The molecule has 0 saturated carbocycles. The first-order valence-electron chi connectivity index (χ1n) is 16.7. The number of aryl methyl sites for hydroxylation is 3. The molecule has 0 bridgehead atoms. The molecular formula is C44H29N5OPt. The number of ether oxygens (including phenoxy) is 1. The largest absolute Gasteiger partial charge is 2.00 e. The number of para-hydroxylation sites is 1. The minimum absolute atomic E-state index is 0. The van der Waals surface area contributed by atoms with Gasteiger partial charge in [0.1, 0.15) is 0 Å². The third-order valence-electron chi connectivity index (χ3n) is 9.67. The van der Waals surface area contributed by atoms with Crippen LogP contribution in [-0.2, 0) is 21.1 Å². The number of pyridine rings is 3. The fraction of sp³-hybridized carbons (Fsp3) is 0.0682. The van der Waals surface area contributed by atoms with Gasteiger partial charge in [0.25, 0.3) is 0 Å². The molecule has 7 heteroatoms. The molecule has 0 N–H and O–H groups in total. The summed E-state index contributed by atoms with van der Waals surface area (Å²) in [6.45, 7) is 6.45. The van der Waals surface area contributed by atoms with Crippen molar-refractivity contribution in [3.05, 3.63) is 151 Å². The van der Waals surface area contributed by atoms with E-state index in [2.05, 4.69) is 115 Å². The van der Waals surface area contributed by atoms with Crippen molar-refractivity contribution in [2.24, 2.45) is 0 Å². The van der Waals surface area contributed by atoms with Gasteiger partial charge in [-0.15, -0.1) is 12.1 Å². The topological polar surface area (TPSA) is 56.7 Å². The number of fused-ring (bicyclic) bond motifs is 12. The molecule has 0 atom stereocenters. The van der Waals surface area contributed by atoms with Crippen LogP contribution < -0.4 is 4.74 Å². The quantitative estimate of drug-likeness (QED) is 0.131. The van der Waals surface area contributed by atoms with Gasteiger partial charge in [-0.25, -0.2) is 0 Å². The summed E-state index contributed by atoms with van der Waals surface area (Å²) in [5.74, 6) is 1.15. The number of imidazole rings is 2. The molecule has 0 aliphatic rings. The minimum Gasteiger partial charge on any atom is -0.497 e. The van der Waals surface area contributed by atoms with E-state index in [1.807, 2.05) is 48.7 Å². The average molecular weight is 839 g/mol. The van der Waals surface area contributed by atoms with E-state index in [1.54, 1.807) is 0 Å². The minimum atomic E-state index is 0. The van der Waals surface area contributed by atoms with Gasteiger partial charge in [0.15, 0.2) is 0 Å². The summed E-state index contributed by atoms with van der Waals surface area (Å²) < 4.78 is 10.8. The first-order valence-corrected chi connectivity index (χ1v) is 16.7. The SMILES string of the molecule is Cc1cc(C)c(-c2cn3c4ccccc4c4ccc(Oc5[c-]c6c(cc5)c5ncccc5n5cc(-c7ccccc7)nc65)[c-]c4c3n2)c(C)c1.[Pt+2]. The molecule has 10 rings (SSSR count). The van der Waals surface area contributed by atoms with Crippen LogP contribution in [0.3, 0.4) is 0 Å². The summed E-state index contributed by atoms with van der Waals surface area (Å²) in [5.41, 5.74) is 12.3. The second-order valence-corrected chi connectivity index (χ2v) is 13.0. The van der Waals surface area contributed by atoms with Gasteiger partial charge < -0.3 is 13.5 Å². The molecular weight excluding hydrogens is 810 g/mol. The fourth-order valence-electron chi connectivity index (χ4n) is 7.60. The molecule has 10 aromatic rings. The van der Waals surface area contributed by atoms with Crippen LogP contribution in [0.25, 0.3) is 77.3 Å². The van der Waals surface area contributed by atoms with Crippen molar-refractivity contribution in [2.75, 3.05) is 0 Å². The van der Waals surface area contributed by atoms with E-state index in [0.717, 1.165) is 77.3 Å². The molecule has 5 aromatic heterocycles. The molecule has 0 amide bonds. The molecule has 0 unspecified atom stereocenters. The van der Waals surface area contributed by atoms with E-state index in [9.17, 15) is 0 Å². The first-order chi connectivity index (χ1) is 24.5. The van der Waals surface area contributed by atoms with Crippen LogP contribution in [0.5, 0.6) is 11.5 Å². The van der Waals surface area contributed by atoms with Gasteiger partial charge in [0.2, 0.25) is 0 Å². The predicted octanol–water partition coefficient (Wildman–Crippen LogP) is 10.6. The summed E-state index contributed by atoms with van der Waals surface area (Å²) in [6.07, 6.45) is 6.04. The monoisotopic (exact) mass is 838 g/mol. The summed E-state index contributed by atoms with van der Waals surface area (Å²) in [4.78, 5) is 15.1. The molecule has 0 radical (unpaired) electrons. The molecule has 0 aliphatic carbocycles. The zero-order valence-corrected chi connectivity index (χ0v) is 30.3. The van der Waals surface area contributed by atoms with Crippen LogP contribution in [-0.4, -0.2) is 23.8 Å². The fourth-order valence-corrected chi connectivity index (χ4v) is 7.60. The van der Waals surface area contributed by atoms with Crippen molar-refractivity contribution in [1.82, 2.24) is 23.8 Å². The maximum absolute atomic E-state index is 6.55. The third-order valence-corrected chi connectivity index (χ3v) is 9.67. The van der Waals surface area contributed by atoms with Crippen molar-refractivity contribution in [3.8, 4) is 34.0 Å². The number of benzene rings is 5. The van der Waals surface area contributed by atoms with E-state index in [1.165, 1.54) is 16.7 Å². The Morgan fingerprint density at radius 2 is 1.20 bits per heavy atom. The van der Waals surface area contributed by atoms with E-state index < -0.39 is 0 Å². The molecule has 246 valence electrons. The number of hydrogen-bond donors (Lipinski definition) is 0. The molecule has 6 nitrogen and oxygen atoms in total. The smallest absolute Gasteiger partial charge is 0.497 e. The standard InChI is InChI=1S/C44H29N5O.Pt/c1-26-20-27(2)41(28(3)21-26)38-25-48-39-13-8-7-12-33(39)32-17-15-30(22-35(32)43(48)47-38)50-31-16-18-34-36(23-31)44-46-37(29-10-5-4-6-11-29)24-49(44)40-14-9-19-45-42(34)40;/h4-21,24-25H,1-3H3;/q-2;+2. The van der Waals surface area contributed by atoms with Crippen molar-refractivity contribution in [1.29, 1.82) is 0 Å². The Kier molecular flexibility index (Phi) is 7.27. The van der Waals surface area contributed by atoms with Gasteiger partial charge in [-0.05, 0) is 55.5 Å². The van der Waals surface area contributed by atoms with Gasteiger partial charge in [0, 0.05) is 46.7 Å². The molecule has 0 fully saturated rings. The Balaban J connectivity index is 0.00000348. The summed E-state index contributed by atoms with van der Waals surface area (Å²) in [7, 11) is 0. The molecule has 5 heterocycles. The zero-order chi connectivity index (χ0) is 33.5. The average Bonchev–Trinajstić information content (AvgIpc) is 3.78. The summed E-state index contributed by atoms with van der Waals surface area (Å²) >= 11 is 0. The molecule has 51 heavy (non-hydrogen) atoms. The zero-order valence-electron chi connectivity index (χ0n) is 28.0. The number of rotatable bonds is 4. The van der Waals surface area contributed by atoms with Gasteiger partial charge in [-0.1, -0.05) is 112 Å². The predicted molar refractivity (Wildman–Crippen MR) is 201 cm³/mol. The van der Waals surface area contributed by atoms with Gasteiger partial charge in [0.05, 0.1) is 33.7 Å². The van der Waals surface area contributed by atoms with Crippen LogP contribution in [0, 0.1) is 32.9 Å². The van der Waals surface area contributed by atoms with E-state index in [-0.39, 0.29) is 21.1 Å². The van der Waals surface area contributed by atoms with Crippen molar-refractivity contribution < 1.29 is 25.8 Å². The Hall–Kier alpha value is -5.84. The van der Waals surface area contributed by atoms with E-state index in [4.69, 9.17) is 19.7 Å². The molecule has 5 aromatic carbocycles. The van der Waals surface area contributed by atoms with Crippen LogP contribution in [0.4, 0.5) is 0 Å². The number of hydrogen-bond acceptors (Lipinski definition) is 4. The van der Waals surface area contributed by atoms with Gasteiger partial charge in [-0.3, -0.25) is 15.0 Å². The third kappa shape index (κ3) is 4.93. The van der Waals surface area contributed by atoms with Gasteiger partial charge in [-0.2, -0.15) is 0 Å². The van der Waals surface area contributed by atoms with Crippen molar-refractivity contribution in [3.63, 3.8) is 0 Å². The second-order valence-electron chi connectivity index (χ2n) is 13.0. The molecule has 0 aliphatic heterocycles. The van der Waals surface area contributed by atoms with Gasteiger partial charge >= 0.3 is 21.1 Å². The number of aromatic nitrogens is 5. The normalized spacial score (nSPS) is 11.7. The maximum atomic E-state index is 6.55.